The van der Waals surface area contributed by atoms with Crippen molar-refractivity contribution in [2.75, 3.05) is 32.4 Å². The zero-order valence-corrected chi connectivity index (χ0v) is 12.0. The Kier molecular flexibility index (Phi) is 4.75. The smallest absolute Gasteiger partial charge is 0.0706 e. The van der Waals surface area contributed by atoms with Crippen molar-refractivity contribution in [3.05, 3.63) is 0 Å². The van der Waals surface area contributed by atoms with Gasteiger partial charge >= 0.3 is 0 Å². The van der Waals surface area contributed by atoms with E-state index < -0.39 is 0 Å². The Bertz CT molecular complexity index is 236. The lowest BCUT2D eigenvalue weighted by Gasteiger charge is -2.40. The SMILES string of the molecule is CSC1(CN)CCN(CC2CCC(C)O2)CC1. The van der Waals surface area contributed by atoms with Crippen molar-refractivity contribution in [3.63, 3.8) is 0 Å². The number of hydrogen-bond acceptors (Lipinski definition) is 4. The van der Waals surface area contributed by atoms with Gasteiger partial charge < -0.3 is 15.4 Å². The summed E-state index contributed by atoms with van der Waals surface area (Å²) in [4.78, 5) is 2.56. The van der Waals surface area contributed by atoms with Gasteiger partial charge in [-0.15, -0.1) is 0 Å². The number of thioether (sulfide) groups is 1. The molecular weight excluding hydrogens is 232 g/mol. The third kappa shape index (κ3) is 3.37. The molecule has 2 heterocycles. The highest BCUT2D eigenvalue weighted by atomic mass is 32.2. The lowest BCUT2D eigenvalue weighted by molar-refractivity contribution is 0.0256. The molecule has 2 fully saturated rings. The molecule has 2 N–H and O–H groups in total. The zero-order valence-electron chi connectivity index (χ0n) is 11.2. The molecule has 0 aromatic carbocycles. The van der Waals surface area contributed by atoms with Crippen molar-refractivity contribution >= 4 is 11.8 Å². The van der Waals surface area contributed by atoms with Crippen LogP contribution in [0.4, 0.5) is 0 Å². The van der Waals surface area contributed by atoms with Crippen LogP contribution in [-0.2, 0) is 4.74 Å². The average molecular weight is 258 g/mol. The summed E-state index contributed by atoms with van der Waals surface area (Å²) in [5.41, 5.74) is 5.91. The summed E-state index contributed by atoms with van der Waals surface area (Å²) in [5, 5.41) is 0. The maximum atomic E-state index is 5.91. The van der Waals surface area contributed by atoms with Gasteiger partial charge in [-0.05, 0) is 52.0 Å². The average Bonchev–Trinajstić information content (AvgIpc) is 2.76. The Balaban J connectivity index is 1.75. The van der Waals surface area contributed by atoms with E-state index in [2.05, 4.69) is 18.1 Å². The molecule has 0 aliphatic carbocycles. The van der Waals surface area contributed by atoms with Gasteiger partial charge in [0, 0.05) is 17.8 Å². The number of piperidine rings is 1. The molecule has 2 saturated heterocycles. The molecule has 3 nitrogen and oxygen atoms in total. The predicted molar refractivity (Wildman–Crippen MR) is 74.5 cm³/mol. The fraction of sp³-hybridized carbons (Fsp3) is 1.00. The van der Waals surface area contributed by atoms with Crippen LogP contribution < -0.4 is 5.73 Å². The molecule has 0 radical (unpaired) electrons. The van der Waals surface area contributed by atoms with Crippen molar-refractivity contribution in [1.29, 1.82) is 0 Å². The third-order valence-electron chi connectivity index (χ3n) is 4.35. The summed E-state index contributed by atoms with van der Waals surface area (Å²) in [6, 6.07) is 0. The first-order valence-electron chi connectivity index (χ1n) is 6.80. The van der Waals surface area contributed by atoms with Gasteiger partial charge in [0.1, 0.15) is 0 Å². The maximum absolute atomic E-state index is 5.91. The van der Waals surface area contributed by atoms with Crippen molar-refractivity contribution in [2.45, 2.75) is 49.6 Å². The number of likely N-dealkylation sites (tertiary alicyclic amines) is 1. The maximum Gasteiger partial charge on any atom is 0.0706 e. The van der Waals surface area contributed by atoms with Gasteiger partial charge in [0.25, 0.3) is 0 Å². The van der Waals surface area contributed by atoms with Crippen LogP contribution in [0, 0.1) is 0 Å². The van der Waals surface area contributed by atoms with E-state index in [1.165, 1.54) is 38.8 Å². The minimum Gasteiger partial charge on any atom is -0.374 e. The fourth-order valence-corrected chi connectivity index (χ4v) is 3.70. The molecule has 2 aliphatic heterocycles. The van der Waals surface area contributed by atoms with E-state index in [0.717, 1.165) is 13.1 Å². The molecule has 0 saturated carbocycles. The Morgan fingerprint density at radius 3 is 2.53 bits per heavy atom. The molecule has 4 heteroatoms. The fourth-order valence-electron chi connectivity index (χ4n) is 2.94. The predicted octanol–water partition coefficient (Wildman–Crippen LogP) is 1.71. The molecule has 17 heavy (non-hydrogen) atoms. The van der Waals surface area contributed by atoms with Gasteiger partial charge in [-0.1, -0.05) is 0 Å². The number of hydrogen-bond donors (Lipinski definition) is 1. The third-order valence-corrected chi connectivity index (χ3v) is 5.80. The topological polar surface area (TPSA) is 38.5 Å². The van der Waals surface area contributed by atoms with Crippen molar-refractivity contribution < 1.29 is 4.74 Å². The normalized spacial score (nSPS) is 34.1. The molecule has 0 aromatic heterocycles. The van der Waals surface area contributed by atoms with Gasteiger partial charge in [-0.25, -0.2) is 0 Å². The summed E-state index contributed by atoms with van der Waals surface area (Å²) < 4.78 is 6.24. The molecule has 2 aliphatic rings. The molecule has 0 spiro atoms. The van der Waals surface area contributed by atoms with E-state index >= 15 is 0 Å². The summed E-state index contributed by atoms with van der Waals surface area (Å²) in [6.45, 7) is 6.50. The van der Waals surface area contributed by atoms with E-state index in [4.69, 9.17) is 10.5 Å². The highest BCUT2D eigenvalue weighted by Gasteiger charge is 2.34. The summed E-state index contributed by atoms with van der Waals surface area (Å²) in [5.74, 6) is 0. The lowest BCUT2D eigenvalue weighted by Crippen LogP contribution is -2.48. The standard InChI is InChI=1S/C13H26N2OS/c1-11-3-4-12(16-11)9-15-7-5-13(10-14,17-2)6-8-15/h11-12H,3-10,14H2,1-2H3. The summed E-state index contributed by atoms with van der Waals surface area (Å²) >= 11 is 1.96. The Labute approximate surface area is 109 Å². The molecular formula is C13H26N2OS. The highest BCUT2D eigenvalue weighted by molar-refractivity contribution is 8.00. The second kappa shape index (κ2) is 5.91. The Hall–Kier alpha value is 0.230. The molecule has 0 amide bonds. The first-order valence-corrected chi connectivity index (χ1v) is 8.03. The van der Waals surface area contributed by atoms with Crippen LogP contribution in [-0.4, -0.2) is 54.3 Å². The first kappa shape index (κ1) is 13.7. The minimum atomic E-state index is 0.348. The highest BCUT2D eigenvalue weighted by Crippen LogP contribution is 2.33. The molecule has 2 rings (SSSR count). The first-order chi connectivity index (χ1) is 8.17. The summed E-state index contributed by atoms with van der Waals surface area (Å²) in [6.07, 6.45) is 8.08. The van der Waals surface area contributed by atoms with Gasteiger partial charge in [0.2, 0.25) is 0 Å². The van der Waals surface area contributed by atoms with E-state index in [9.17, 15) is 0 Å². The molecule has 100 valence electrons. The molecule has 2 unspecified atom stereocenters. The number of nitrogens with two attached hydrogens (primary N) is 1. The van der Waals surface area contributed by atoms with Gasteiger partial charge in [-0.3, -0.25) is 0 Å². The van der Waals surface area contributed by atoms with Gasteiger partial charge in [0.15, 0.2) is 0 Å². The van der Waals surface area contributed by atoms with Crippen LogP contribution in [0.15, 0.2) is 0 Å². The second-order valence-corrected chi connectivity index (χ2v) is 6.81. The van der Waals surface area contributed by atoms with Crippen LogP contribution in [0.25, 0.3) is 0 Å². The van der Waals surface area contributed by atoms with E-state index in [1.807, 2.05) is 11.8 Å². The van der Waals surface area contributed by atoms with Gasteiger partial charge in [0.05, 0.1) is 12.2 Å². The van der Waals surface area contributed by atoms with Crippen LogP contribution in [0.3, 0.4) is 0 Å². The minimum absolute atomic E-state index is 0.348. The van der Waals surface area contributed by atoms with Crippen molar-refractivity contribution in [2.24, 2.45) is 5.73 Å². The monoisotopic (exact) mass is 258 g/mol. The number of ether oxygens (including phenoxy) is 1. The quantitative estimate of drug-likeness (QED) is 0.833. The zero-order chi connectivity index (χ0) is 12.3. The molecule has 0 aromatic rings. The Morgan fingerprint density at radius 1 is 1.35 bits per heavy atom. The van der Waals surface area contributed by atoms with E-state index in [0.29, 0.717) is 17.0 Å². The van der Waals surface area contributed by atoms with E-state index in [-0.39, 0.29) is 0 Å². The van der Waals surface area contributed by atoms with Crippen molar-refractivity contribution in [1.82, 2.24) is 4.90 Å². The van der Waals surface area contributed by atoms with Gasteiger partial charge in [-0.2, -0.15) is 11.8 Å². The molecule has 0 bridgehead atoms. The van der Waals surface area contributed by atoms with Crippen LogP contribution in [0.5, 0.6) is 0 Å². The van der Waals surface area contributed by atoms with Crippen LogP contribution in [0.2, 0.25) is 0 Å². The number of nitrogens with zero attached hydrogens (tertiary/aromatic N) is 1. The van der Waals surface area contributed by atoms with Crippen LogP contribution >= 0.6 is 11.8 Å². The Morgan fingerprint density at radius 2 is 2.06 bits per heavy atom. The second-order valence-electron chi connectivity index (χ2n) is 5.54. The number of rotatable bonds is 4. The molecule has 2 atom stereocenters. The lowest BCUT2D eigenvalue weighted by atomic mass is 9.95. The van der Waals surface area contributed by atoms with Crippen molar-refractivity contribution in [3.8, 4) is 0 Å². The largest absolute Gasteiger partial charge is 0.374 e. The summed E-state index contributed by atoms with van der Waals surface area (Å²) in [7, 11) is 0. The van der Waals surface area contributed by atoms with Crippen LogP contribution in [0.1, 0.15) is 32.6 Å². The van der Waals surface area contributed by atoms with E-state index in [1.54, 1.807) is 0 Å².